The summed E-state index contributed by atoms with van der Waals surface area (Å²) in [5.74, 6) is -0.0289. The number of nitrogens with two attached hydrogens (primary N) is 1. The van der Waals surface area contributed by atoms with E-state index in [4.69, 9.17) is 5.73 Å². The van der Waals surface area contributed by atoms with Crippen LogP contribution in [0.5, 0.6) is 0 Å². The fourth-order valence-electron chi connectivity index (χ4n) is 2.58. The number of hydrogen-bond donors (Lipinski definition) is 2. The van der Waals surface area contributed by atoms with Crippen molar-refractivity contribution in [2.75, 3.05) is 45.3 Å². The van der Waals surface area contributed by atoms with E-state index in [0.717, 1.165) is 18.8 Å². The number of likely N-dealkylation sites (N-methyl/N-ethyl adjacent to an activating group) is 1. The van der Waals surface area contributed by atoms with Gasteiger partial charge in [0.15, 0.2) is 0 Å². The Kier molecular flexibility index (Phi) is 4.49. The average molecular weight is 276 g/mol. The first-order valence-corrected chi connectivity index (χ1v) is 7.04. The van der Waals surface area contributed by atoms with E-state index in [1.54, 1.807) is 25.1 Å². The third kappa shape index (κ3) is 3.22. The van der Waals surface area contributed by atoms with Gasteiger partial charge in [0, 0.05) is 32.2 Å². The molecule has 1 heterocycles. The van der Waals surface area contributed by atoms with Gasteiger partial charge >= 0.3 is 0 Å². The lowest BCUT2D eigenvalue weighted by Crippen LogP contribution is -2.31. The molecule has 1 saturated heterocycles. The van der Waals surface area contributed by atoms with E-state index in [-0.39, 0.29) is 5.91 Å². The van der Waals surface area contributed by atoms with Crippen LogP contribution >= 0.6 is 0 Å². The van der Waals surface area contributed by atoms with Gasteiger partial charge in [0.05, 0.1) is 11.4 Å². The number of amides is 1. The Hall–Kier alpha value is -1.75. The Bertz CT molecular complexity index is 487. The van der Waals surface area contributed by atoms with Gasteiger partial charge in [-0.05, 0) is 44.6 Å². The lowest BCUT2D eigenvalue weighted by atomic mass is 10.1. The Labute approximate surface area is 120 Å². The smallest absolute Gasteiger partial charge is 0.253 e. The van der Waals surface area contributed by atoms with Crippen LogP contribution in [0.15, 0.2) is 18.2 Å². The first-order chi connectivity index (χ1) is 9.49. The number of hydrogen-bond acceptors (Lipinski definition) is 4. The Morgan fingerprint density at radius 3 is 2.80 bits per heavy atom. The molecule has 0 aliphatic carbocycles. The zero-order valence-corrected chi connectivity index (χ0v) is 12.5. The van der Waals surface area contributed by atoms with Gasteiger partial charge in [0.2, 0.25) is 0 Å². The molecular weight excluding hydrogens is 252 g/mol. The third-order valence-corrected chi connectivity index (χ3v) is 3.90. The molecule has 1 fully saturated rings. The fourth-order valence-corrected chi connectivity index (χ4v) is 2.58. The molecule has 110 valence electrons. The molecule has 1 atom stereocenters. The Morgan fingerprint density at radius 1 is 1.50 bits per heavy atom. The second-order valence-corrected chi connectivity index (χ2v) is 5.66. The first kappa shape index (κ1) is 14.7. The molecule has 0 saturated carbocycles. The van der Waals surface area contributed by atoms with Gasteiger partial charge in [-0.15, -0.1) is 0 Å². The molecule has 1 unspecified atom stereocenters. The lowest BCUT2D eigenvalue weighted by Gasteiger charge is -2.21. The van der Waals surface area contributed by atoms with Gasteiger partial charge in [-0.1, -0.05) is 0 Å². The highest BCUT2D eigenvalue weighted by molar-refractivity contribution is 5.95. The second-order valence-electron chi connectivity index (χ2n) is 5.66. The number of rotatable bonds is 4. The van der Waals surface area contributed by atoms with Gasteiger partial charge in [-0.2, -0.15) is 0 Å². The largest absolute Gasteiger partial charge is 0.397 e. The quantitative estimate of drug-likeness (QED) is 0.818. The molecule has 1 aliphatic rings. The summed E-state index contributed by atoms with van der Waals surface area (Å²) in [6.45, 7) is 2.06. The van der Waals surface area contributed by atoms with Crippen molar-refractivity contribution in [3.8, 4) is 0 Å². The van der Waals surface area contributed by atoms with Crippen LogP contribution in [0.2, 0.25) is 0 Å². The number of likely N-dealkylation sites (tertiary alicyclic amines) is 1. The Morgan fingerprint density at radius 2 is 2.25 bits per heavy atom. The molecule has 20 heavy (non-hydrogen) atoms. The van der Waals surface area contributed by atoms with Crippen molar-refractivity contribution in [1.29, 1.82) is 0 Å². The molecule has 1 aromatic carbocycles. The lowest BCUT2D eigenvalue weighted by molar-refractivity contribution is 0.0827. The van der Waals surface area contributed by atoms with Crippen LogP contribution in [0.3, 0.4) is 0 Å². The van der Waals surface area contributed by atoms with Crippen molar-refractivity contribution in [2.45, 2.75) is 18.9 Å². The highest BCUT2D eigenvalue weighted by Gasteiger charge is 2.20. The summed E-state index contributed by atoms with van der Waals surface area (Å²) in [6, 6.07) is 6.01. The highest BCUT2D eigenvalue weighted by atomic mass is 16.2. The van der Waals surface area contributed by atoms with Crippen molar-refractivity contribution in [3.05, 3.63) is 23.8 Å². The minimum Gasteiger partial charge on any atom is -0.397 e. The van der Waals surface area contributed by atoms with Crippen LogP contribution < -0.4 is 11.1 Å². The maximum absolute atomic E-state index is 11.9. The maximum atomic E-state index is 11.9. The normalized spacial score (nSPS) is 19.1. The van der Waals surface area contributed by atoms with E-state index < -0.39 is 0 Å². The summed E-state index contributed by atoms with van der Waals surface area (Å²) >= 11 is 0. The standard InChI is InChI=1S/C15H24N4O/c1-18(2)15(20)11-6-7-14(13(16)9-11)17-10-12-5-4-8-19(12)3/h6-7,9,12,17H,4-5,8,10,16H2,1-3H3. The number of carbonyl (C=O) groups is 1. The van der Waals surface area contributed by atoms with E-state index in [9.17, 15) is 4.79 Å². The number of benzene rings is 1. The molecule has 0 spiro atoms. The van der Waals surface area contributed by atoms with E-state index >= 15 is 0 Å². The minimum atomic E-state index is -0.0289. The summed E-state index contributed by atoms with van der Waals surface area (Å²) in [6.07, 6.45) is 2.48. The van der Waals surface area contributed by atoms with Gasteiger partial charge in [0.25, 0.3) is 5.91 Å². The predicted molar refractivity (Wildman–Crippen MR) is 83.0 cm³/mol. The van der Waals surface area contributed by atoms with E-state index in [2.05, 4.69) is 17.3 Å². The summed E-state index contributed by atoms with van der Waals surface area (Å²) in [4.78, 5) is 15.8. The zero-order valence-electron chi connectivity index (χ0n) is 12.5. The van der Waals surface area contributed by atoms with Crippen LogP contribution in [0.25, 0.3) is 0 Å². The molecule has 0 radical (unpaired) electrons. The zero-order chi connectivity index (χ0) is 14.7. The van der Waals surface area contributed by atoms with Gasteiger partial charge in [-0.25, -0.2) is 0 Å². The molecule has 1 aliphatic heterocycles. The SMILES string of the molecule is CN(C)C(=O)c1ccc(NCC2CCCN2C)c(N)c1. The molecule has 5 heteroatoms. The average Bonchev–Trinajstić information content (AvgIpc) is 2.82. The molecule has 1 amide bonds. The molecule has 0 bridgehead atoms. The van der Waals surface area contributed by atoms with Gasteiger partial charge in [0.1, 0.15) is 0 Å². The van der Waals surface area contributed by atoms with Crippen LogP contribution in [-0.4, -0.2) is 56.0 Å². The molecule has 5 nitrogen and oxygen atoms in total. The van der Waals surface area contributed by atoms with Crippen molar-refractivity contribution in [3.63, 3.8) is 0 Å². The minimum absolute atomic E-state index is 0.0289. The van der Waals surface area contributed by atoms with E-state index in [0.29, 0.717) is 17.3 Å². The van der Waals surface area contributed by atoms with Crippen LogP contribution in [-0.2, 0) is 0 Å². The number of anilines is 2. The van der Waals surface area contributed by atoms with Crippen LogP contribution in [0.4, 0.5) is 11.4 Å². The van der Waals surface area contributed by atoms with Crippen molar-refractivity contribution < 1.29 is 4.79 Å². The maximum Gasteiger partial charge on any atom is 0.253 e. The summed E-state index contributed by atoms with van der Waals surface area (Å²) in [5.41, 5.74) is 8.18. The van der Waals surface area contributed by atoms with E-state index in [1.165, 1.54) is 12.8 Å². The van der Waals surface area contributed by atoms with Crippen molar-refractivity contribution in [1.82, 2.24) is 9.80 Å². The molecule has 2 rings (SSSR count). The molecule has 3 N–H and O–H groups in total. The van der Waals surface area contributed by atoms with Crippen molar-refractivity contribution >= 4 is 17.3 Å². The van der Waals surface area contributed by atoms with Crippen LogP contribution in [0, 0.1) is 0 Å². The first-order valence-electron chi connectivity index (χ1n) is 7.04. The topological polar surface area (TPSA) is 61.6 Å². The predicted octanol–water partition coefficient (Wildman–Crippen LogP) is 1.48. The second kappa shape index (κ2) is 6.13. The number of carbonyl (C=O) groups excluding carboxylic acids is 1. The summed E-state index contributed by atoms with van der Waals surface area (Å²) in [7, 11) is 5.63. The van der Waals surface area contributed by atoms with Crippen molar-refractivity contribution in [2.24, 2.45) is 0 Å². The number of nitrogen functional groups attached to an aromatic ring is 1. The molecule has 0 aromatic heterocycles. The molecular formula is C15H24N4O. The number of nitrogens with one attached hydrogen (secondary N) is 1. The van der Waals surface area contributed by atoms with Crippen LogP contribution in [0.1, 0.15) is 23.2 Å². The third-order valence-electron chi connectivity index (χ3n) is 3.90. The summed E-state index contributed by atoms with van der Waals surface area (Å²) in [5, 5.41) is 3.39. The number of nitrogens with zero attached hydrogens (tertiary/aromatic N) is 2. The fraction of sp³-hybridized carbons (Fsp3) is 0.533. The monoisotopic (exact) mass is 276 g/mol. The Balaban J connectivity index is 2.01. The van der Waals surface area contributed by atoms with Gasteiger partial charge in [-0.3, -0.25) is 4.79 Å². The summed E-state index contributed by atoms with van der Waals surface area (Å²) < 4.78 is 0. The van der Waals surface area contributed by atoms with Gasteiger partial charge < -0.3 is 20.9 Å². The highest BCUT2D eigenvalue weighted by Crippen LogP contribution is 2.22. The van der Waals surface area contributed by atoms with E-state index in [1.807, 2.05) is 12.1 Å². The molecule has 1 aromatic rings.